The van der Waals surface area contributed by atoms with Crippen LogP contribution in [0.25, 0.3) is 27.5 Å². The van der Waals surface area contributed by atoms with E-state index in [4.69, 9.17) is 0 Å². The molecule has 0 heteroatoms. The molecule has 6 aromatic rings. The number of benzene rings is 6. The number of allylic oxidation sites excluding steroid dienone is 1. The minimum atomic E-state index is 0.349. The molecule has 0 aliphatic heterocycles. The van der Waals surface area contributed by atoms with Gasteiger partial charge in [0.15, 0.2) is 0 Å². The third kappa shape index (κ3) is 3.97. The van der Waals surface area contributed by atoms with Crippen molar-refractivity contribution >= 4 is 16.3 Å². The first kappa shape index (κ1) is 25.8. The van der Waals surface area contributed by atoms with Gasteiger partial charge in [-0.15, -0.1) is 0 Å². The van der Waals surface area contributed by atoms with Crippen LogP contribution in [0.1, 0.15) is 76.0 Å². The lowest BCUT2D eigenvalue weighted by Crippen LogP contribution is -2.19. The fraction of sp³-hybridized carbons (Fsp3) is 0.182. The molecule has 3 unspecified atom stereocenters. The molecule has 6 aromatic carbocycles. The van der Waals surface area contributed by atoms with Crippen LogP contribution >= 0.6 is 0 Å². The monoisotopic (exact) mass is 564 g/mol. The van der Waals surface area contributed by atoms with Crippen molar-refractivity contribution in [3.8, 4) is 11.1 Å². The summed E-state index contributed by atoms with van der Waals surface area (Å²) < 4.78 is 0. The van der Waals surface area contributed by atoms with Gasteiger partial charge in [-0.2, -0.15) is 0 Å². The van der Waals surface area contributed by atoms with Crippen molar-refractivity contribution in [2.75, 3.05) is 0 Å². The van der Waals surface area contributed by atoms with Crippen molar-refractivity contribution in [1.29, 1.82) is 0 Å². The highest BCUT2D eigenvalue weighted by Crippen LogP contribution is 2.61. The molecule has 44 heavy (non-hydrogen) atoms. The second-order valence-electron chi connectivity index (χ2n) is 13.0. The quantitative estimate of drug-likeness (QED) is 0.200. The van der Waals surface area contributed by atoms with Crippen LogP contribution in [0.4, 0.5) is 0 Å². The molecule has 3 aliphatic carbocycles. The molecule has 0 saturated heterocycles. The van der Waals surface area contributed by atoms with Gasteiger partial charge in [-0.1, -0.05) is 140 Å². The van der Waals surface area contributed by atoms with Gasteiger partial charge in [-0.3, -0.25) is 0 Å². The molecule has 0 aromatic heterocycles. The SMILES string of the molecule is c1ccc(-c2cccc3c2C(c2cccc4ccccc24)=C(C2CCCc4ccccc42)C3C2CCc3ccccc32)cc1. The lowest BCUT2D eigenvalue weighted by Gasteiger charge is -2.34. The van der Waals surface area contributed by atoms with Crippen LogP contribution in [0.15, 0.2) is 145 Å². The van der Waals surface area contributed by atoms with E-state index in [2.05, 4.69) is 140 Å². The van der Waals surface area contributed by atoms with Gasteiger partial charge in [0, 0.05) is 11.8 Å². The highest BCUT2D eigenvalue weighted by Gasteiger charge is 2.44. The van der Waals surface area contributed by atoms with Crippen LogP contribution in [0, 0.1) is 0 Å². The van der Waals surface area contributed by atoms with E-state index in [9.17, 15) is 0 Å². The van der Waals surface area contributed by atoms with Crippen LogP contribution in [0.3, 0.4) is 0 Å². The Bertz CT molecular complexity index is 2050. The summed E-state index contributed by atoms with van der Waals surface area (Å²) in [7, 11) is 0. The van der Waals surface area contributed by atoms with Crippen molar-refractivity contribution in [3.05, 3.63) is 184 Å². The molecule has 0 heterocycles. The summed E-state index contributed by atoms with van der Waals surface area (Å²) in [5.41, 5.74) is 16.4. The number of rotatable bonds is 4. The Morgan fingerprint density at radius 1 is 0.477 bits per heavy atom. The Morgan fingerprint density at radius 3 is 2.02 bits per heavy atom. The summed E-state index contributed by atoms with van der Waals surface area (Å²) in [5.74, 6) is 1.23. The Morgan fingerprint density at radius 2 is 1.14 bits per heavy atom. The predicted octanol–water partition coefficient (Wildman–Crippen LogP) is 11.3. The molecule has 3 atom stereocenters. The maximum absolute atomic E-state index is 2.47. The molecule has 0 radical (unpaired) electrons. The van der Waals surface area contributed by atoms with Crippen LogP contribution < -0.4 is 0 Å². The average molecular weight is 565 g/mol. The van der Waals surface area contributed by atoms with E-state index >= 15 is 0 Å². The summed E-state index contributed by atoms with van der Waals surface area (Å²) in [4.78, 5) is 0. The second kappa shape index (κ2) is 10.5. The summed E-state index contributed by atoms with van der Waals surface area (Å²) in [5, 5.41) is 2.67. The molecule has 9 rings (SSSR count). The summed E-state index contributed by atoms with van der Waals surface area (Å²) in [6.07, 6.45) is 6.01. The molecule has 212 valence electrons. The van der Waals surface area contributed by atoms with E-state index < -0.39 is 0 Å². The normalized spacial score (nSPS) is 20.4. The third-order valence-electron chi connectivity index (χ3n) is 10.8. The van der Waals surface area contributed by atoms with E-state index in [0.29, 0.717) is 17.8 Å². The number of hydrogen-bond donors (Lipinski definition) is 0. The first-order chi connectivity index (χ1) is 21.9. The predicted molar refractivity (Wildman–Crippen MR) is 184 cm³/mol. The fourth-order valence-electron chi connectivity index (χ4n) is 9.01. The molecule has 0 nitrogen and oxygen atoms in total. The molecule has 0 fully saturated rings. The molecular weight excluding hydrogens is 528 g/mol. The topological polar surface area (TPSA) is 0 Å². The van der Waals surface area contributed by atoms with E-state index in [1.807, 2.05) is 0 Å². The summed E-state index contributed by atoms with van der Waals surface area (Å²) >= 11 is 0. The summed E-state index contributed by atoms with van der Waals surface area (Å²) in [6.45, 7) is 0. The largest absolute Gasteiger partial charge is 0.0622 e. The first-order valence-corrected chi connectivity index (χ1v) is 16.4. The Balaban J connectivity index is 1.41. The Hall–Kier alpha value is -4.68. The molecule has 0 saturated carbocycles. The van der Waals surface area contributed by atoms with Gasteiger partial charge < -0.3 is 0 Å². The Kier molecular flexibility index (Phi) is 6.15. The van der Waals surface area contributed by atoms with Crippen molar-refractivity contribution in [2.45, 2.75) is 49.9 Å². The van der Waals surface area contributed by atoms with Gasteiger partial charge in [0.1, 0.15) is 0 Å². The zero-order valence-electron chi connectivity index (χ0n) is 25.0. The van der Waals surface area contributed by atoms with Gasteiger partial charge >= 0.3 is 0 Å². The second-order valence-corrected chi connectivity index (χ2v) is 13.0. The minimum Gasteiger partial charge on any atom is -0.0622 e. The van der Waals surface area contributed by atoms with E-state index in [0.717, 1.165) is 0 Å². The lowest BCUT2D eigenvalue weighted by atomic mass is 9.69. The maximum atomic E-state index is 2.47. The van der Waals surface area contributed by atoms with Gasteiger partial charge in [0.2, 0.25) is 0 Å². The lowest BCUT2D eigenvalue weighted by molar-refractivity contribution is 0.527. The molecular formula is C44H36. The van der Waals surface area contributed by atoms with E-state index in [1.165, 1.54) is 76.3 Å². The maximum Gasteiger partial charge on any atom is 0.0139 e. The highest BCUT2D eigenvalue weighted by atomic mass is 14.5. The molecule has 0 amide bonds. The van der Waals surface area contributed by atoms with Crippen molar-refractivity contribution in [2.24, 2.45) is 0 Å². The molecule has 0 spiro atoms. The minimum absolute atomic E-state index is 0.349. The summed E-state index contributed by atoms with van der Waals surface area (Å²) in [6, 6.07) is 52.9. The highest BCUT2D eigenvalue weighted by molar-refractivity contribution is 6.04. The Labute approximate surface area is 260 Å². The van der Waals surface area contributed by atoms with Gasteiger partial charge in [-0.05, 0) is 110 Å². The fourth-order valence-corrected chi connectivity index (χ4v) is 9.01. The molecule has 3 aliphatic rings. The van der Waals surface area contributed by atoms with Crippen LogP contribution in [-0.2, 0) is 12.8 Å². The van der Waals surface area contributed by atoms with Gasteiger partial charge in [0.25, 0.3) is 0 Å². The molecule has 0 N–H and O–H groups in total. The zero-order chi connectivity index (χ0) is 29.0. The third-order valence-corrected chi connectivity index (χ3v) is 10.8. The van der Waals surface area contributed by atoms with Gasteiger partial charge in [-0.25, -0.2) is 0 Å². The van der Waals surface area contributed by atoms with Crippen LogP contribution in [0.5, 0.6) is 0 Å². The number of hydrogen-bond acceptors (Lipinski definition) is 0. The first-order valence-electron chi connectivity index (χ1n) is 16.4. The smallest absolute Gasteiger partial charge is 0.0139 e. The van der Waals surface area contributed by atoms with Gasteiger partial charge in [0.05, 0.1) is 0 Å². The van der Waals surface area contributed by atoms with Crippen molar-refractivity contribution in [3.63, 3.8) is 0 Å². The number of fused-ring (bicyclic) bond motifs is 4. The van der Waals surface area contributed by atoms with Crippen molar-refractivity contribution in [1.82, 2.24) is 0 Å². The molecule has 0 bridgehead atoms. The standard InChI is InChI=1S/C44H36/c1-2-13-31(14-3-1)36-23-12-26-40-41(36)43(37-24-10-18-29-15-4-7-20-33(29)37)44(38-25-11-19-30-16-5-8-21-34(30)38)42(40)39-28-27-32-17-6-9-22-35(32)39/h1-10,12-18,20-24,26,38-39,42H,11,19,25,27-28H2. The zero-order valence-corrected chi connectivity index (χ0v) is 25.0. The average Bonchev–Trinajstić information content (AvgIpc) is 3.67. The van der Waals surface area contributed by atoms with Crippen LogP contribution in [-0.4, -0.2) is 0 Å². The van der Waals surface area contributed by atoms with E-state index in [-0.39, 0.29) is 0 Å². The van der Waals surface area contributed by atoms with Crippen molar-refractivity contribution < 1.29 is 0 Å². The van der Waals surface area contributed by atoms with E-state index in [1.54, 1.807) is 27.8 Å². The number of aryl methyl sites for hydroxylation is 2. The van der Waals surface area contributed by atoms with Crippen LogP contribution in [0.2, 0.25) is 0 Å².